The molecule has 1 N–H and O–H groups in total. The van der Waals surface area contributed by atoms with Crippen molar-refractivity contribution >= 4 is 28.6 Å². The van der Waals surface area contributed by atoms with Crippen molar-refractivity contribution in [3.63, 3.8) is 0 Å². The topological polar surface area (TPSA) is 88.1 Å². The third kappa shape index (κ3) is 3.98. The number of fused-ring (bicyclic) bond motifs is 1. The maximum absolute atomic E-state index is 12.6. The van der Waals surface area contributed by atoms with Crippen LogP contribution in [0.5, 0.6) is 5.75 Å². The van der Waals surface area contributed by atoms with Crippen LogP contribution in [0.15, 0.2) is 48.9 Å². The van der Waals surface area contributed by atoms with Crippen molar-refractivity contribution < 1.29 is 14.6 Å². The number of rotatable bonds is 2. The van der Waals surface area contributed by atoms with E-state index in [9.17, 15) is 15.2 Å². The number of pyridine rings is 1. The van der Waals surface area contributed by atoms with E-state index >= 15 is 0 Å². The molecule has 0 aliphatic carbocycles. The van der Waals surface area contributed by atoms with Crippen LogP contribution < -0.4 is 0 Å². The molecule has 0 fully saturated rings. The zero-order valence-electron chi connectivity index (χ0n) is 15.3. The van der Waals surface area contributed by atoms with Crippen molar-refractivity contribution in [2.24, 2.45) is 0 Å². The Bertz CT molecular complexity index is 1070. The number of aromatic nitrogens is 2. The third-order valence-electron chi connectivity index (χ3n) is 3.78. The van der Waals surface area contributed by atoms with Crippen LogP contribution in [0.25, 0.3) is 22.6 Å². The molecule has 0 atom stereocenters. The number of hydrogen-bond acceptors (Lipinski definition) is 5. The van der Waals surface area contributed by atoms with Crippen LogP contribution in [0.4, 0.5) is 4.79 Å². The Morgan fingerprint density at radius 2 is 2.11 bits per heavy atom. The monoisotopic (exact) mass is 361 g/mol. The summed E-state index contributed by atoms with van der Waals surface area (Å²) >= 11 is 0. The van der Waals surface area contributed by atoms with Gasteiger partial charge in [0.2, 0.25) is 0 Å². The van der Waals surface area contributed by atoms with Crippen LogP contribution in [0, 0.1) is 11.3 Å². The number of benzene rings is 1. The molecule has 0 saturated heterocycles. The number of allylic oxidation sites excluding steroid dienone is 1. The Labute approximate surface area is 157 Å². The first-order valence-electron chi connectivity index (χ1n) is 8.38. The van der Waals surface area contributed by atoms with E-state index in [0.717, 1.165) is 5.56 Å². The molecule has 0 aliphatic rings. The predicted molar refractivity (Wildman–Crippen MR) is 103 cm³/mol. The Morgan fingerprint density at radius 3 is 2.74 bits per heavy atom. The minimum absolute atomic E-state index is 0.0457. The summed E-state index contributed by atoms with van der Waals surface area (Å²) in [5.74, 6) is 0.0457. The summed E-state index contributed by atoms with van der Waals surface area (Å²) in [7, 11) is 0. The van der Waals surface area contributed by atoms with E-state index < -0.39 is 11.7 Å². The average molecular weight is 361 g/mol. The summed E-state index contributed by atoms with van der Waals surface area (Å²) in [5.41, 5.74) is 1.52. The highest BCUT2D eigenvalue weighted by molar-refractivity contribution is 6.04. The molecule has 2 heterocycles. The van der Waals surface area contributed by atoms with Gasteiger partial charge in [0.05, 0.1) is 17.2 Å². The van der Waals surface area contributed by atoms with Crippen LogP contribution in [0.3, 0.4) is 0 Å². The number of carbonyl (C=O) groups excluding carboxylic acids is 1. The molecule has 136 valence electrons. The summed E-state index contributed by atoms with van der Waals surface area (Å²) in [6.45, 7) is 5.35. The number of aromatic hydroxyl groups is 1. The van der Waals surface area contributed by atoms with Crippen molar-refractivity contribution in [2.75, 3.05) is 0 Å². The summed E-state index contributed by atoms with van der Waals surface area (Å²) in [4.78, 5) is 16.7. The molecule has 0 aliphatic heterocycles. The van der Waals surface area contributed by atoms with Crippen LogP contribution >= 0.6 is 0 Å². The number of carbonyl (C=O) groups is 1. The normalized spacial score (nSPS) is 12.0. The van der Waals surface area contributed by atoms with Gasteiger partial charge in [0, 0.05) is 29.5 Å². The maximum atomic E-state index is 12.6. The van der Waals surface area contributed by atoms with Gasteiger partial charge < -0.3 is 9.84 Å². The van der Waals surface area contributed by atoms with Gasteiger partial charge in [-0.2, -0.15) is 5.26 Å². The molecule has 0 unspecified atom stereocenters. The van der Waals surface area contributed by atoms with Gasteiger partial charge in [-0.1, -0.05) is 6.07 Å². The Morgan fingerprint density at radius 1 is 1.33 bits per heavy atom. The molecule has 3 aromatic rings. The number of phenols is 1. The quantitative estimate of drug-likeness (QED) is 0.675. The van der Waals surface area contributed by atoms with E-state index in [2.05, 4.69) is 11.1 Å². The van der Waals surface area contributed by atoms with Crippen LogP contribution in [-0.4, -0.2) is 26.4 Å². The van der Waals surface area contributed by atoms with Gasteiger partial charge in [0.15, 0.2) is 0 Å². The van der Waals surface area contributed by atoms with Gasteiger partial charge in [-0.25, -0.2) is 4.79 Å². The van der Waals surface area contributed by atoms with E-state index in [1.54, 1.807) is 57.6 Å². The van der Waals surface area contributed by atoms with Gasteiger partial charge in [0.1, 0.15) is 11.4 Å². The second-order valence-corrected chi connectivity index (χ2v) is 7.05. The largest absolute Gasteiger partial charge is 0.508 e. The minimum Gasteiger partial charge on any atom is -0.508 e. The van der Waals surface area contributed by atoms with Crippen LogP contribution in [0.2, 0.25) is 0 Å². The van der Waals surface area contributed by atoms with Crippen molar-refractivity contribution in [3.05, 3.63) is 60.0 Å². The van der Waals surface area contributed by atoms with E-state index in [-0.39, 0.29) is 5.75 Å². The van der Waals surface area contributed by atoms with E-state index in [4.69, 9.17) is 4.74 Å². The smallest absolute Gasteiger partial charge is 0.419 e. The lowest BCUT2D eigenvalue weighted by Gasteiger charge is -2.19. The first-order chi connectivity index (χ1) is 12.8. The zero-order chi connectivity index (χ0) is 19.6. The minimum atomic E-state index is -0.658. The van der Waals surface area contributed by atoms with Crippen molar-refractivity contribution in [1.82, 2.24) is 9.55 Å². The van der Waals surface area contributed by atoms with Crippen molar-refractivity contribution in [1.29, 1.82) is 5.26 Å². The second kappa shape index (κ2) is 6.96. The lowest BCUT2D eigenvalue weighted by molar-refractivity contribution is 0.0544. The average Bonchev–Trinajstić information content (AvgIpc) is 2.98. The molecule has 0 bridgehead atoms. The fourth-order valence-corrected chi connectivity index (χ4v) is 2.69. The van der Waals surface area contributed by atoms with Gasteiger partial charge >= 0.3 is 6.09 Å². The summed E-state index contributed by atoms with van der Waals surface area (Å²) in [5, 5.41) is 20.2. The molecular weight excluding hydrogens is 342 g/mol. The molecule has 0 radical (unpaired) electrons. The molecule has 0 saturated carbocycles. The number of nitriles is 1. The molecule has 0 spiro atoms. The molecule has 2 aromatic heterocycles. The third-order valence-corrected chi connectivity index (χ3v) is 3.78. The first-order valence-corrected chi connectivity index (χ1v) is 8.38. The van der Waals surface area contributed by atoms with Gasteiger partial charge in [-0.15, -0.1) is 0 Å². The van der Waals surface area contributed by atoms with E-state index in [1.807, 2.05) is 6.07 Å². The lowest BCUT2D eigenvalue weighted by atomic mass is 10.0. The fraction of sp³-hybridized carbons (Fsp3) is 0.190. The molecular formula is C21H19N3O3. The Balaban J connectivity index is 2.18. The molecule has 0 amide bonds. The number of hydrogen-bond donors (Lipinski definition) is 1. The van der Waals surface area contributed by atoms with Gasteiger partial charge in [-0.05, 0) is 56.7 Å². The van der Waals surface area contributed by atoms with Gasteiger partial charge in [-0.3, -0.25) is 9.55 Å². The molecule has 27 heavy (non-hydrogen) atoms. The van der Waals surface area contributed by atoms with Gasteiger partial charge in [0.25, 0.3) is 0 Å². The number of nitrogens with zero attached hydrogens (tertiary/aromatic N) is 3. The van der Waals surface area contributed by atoms with E-state index in [0.29, 0.717) is 22.0 Å². The van der Waals surface area contributed by atoms with E-state index in [1.165, 1.54) is 16.7 Å². The highest BCUT2D eigenvalue weighted by atomic mass is 16.6. The molecule has 6 heteroatoms. The number of ether oxygens (including phenoxy) is 1. The Kier molecular flexibility index (Phi) is 4.70. The maximum Gasteiger partial charge on any atom is 0.419 e. The summed E-state index contributed by atoms with van der Waals surface area (Å²) < 4.78 is 6.81. The SMILES string of the molecule is CC(C)(C)OC(=O)n1cc(/C(C#N)=C/c2cccnc2)c2cc(O)ccc21. The molecule has 1 aromatic carbocycles. The molecule has 6 nitrogen and oxygen atoms in total. The summed E-state index contributed by atoms with van der Waals surface area (Å²) in [6, 6.07) is 10.4. The fourth-order valence-electron chi connectivity index (χ4n) is 2.69. The predicted octanol–water partition coefficient (Wildman–Crippen LogP) is 4.59. The Hall–Kier alpha value is -3.59. The second-order valence-electron chi connectivity index (χ2n) is 7.05. The standard InChI is InChI=1S/C21H19N3O3/c1-21(2,3)27-20(26)24-13-18(17-10-16(25)6-7-19(17)24)15(11-22)9-14-5-4-8-23-12-14/h4-10,12-13,25H,1-3H3/b15-9+. The highest BCUT2D eigenvalue weighted by Gasteiger charge is 2.22. The lowest BCUT2D eigenvalue weighted by Crippen LogP contribution is -2.26. The van der Waals surface area contributed by atoms with Crippen molar-refractivity contribution in [2.45, 2.75) is 26.4 Å². The van der Waals surface area contributed by atoms with Crippen LogP contribution in [0.1, 0.15) is 31.9 Å². The summed E-state index contributed by atoms with van der Waals surface area (Å²) in [6.07, 6.45) is 5.98. The zero-order valence-corrected chi connectivity index (χ0v) is 15.3. The first kappa shape index (κ1) is 18.2. The van der Waals surface area contributed by atoms with Crippen molar-refractivity contribution in [3.8, 4) is 11.8 Å². The number of phenolic OH excluding ortho intramolecular Hbond substituents is 1. The highest BCUT2D eigenvalue weighted by Crippen LogP contribution is 2.31. The van der Waals surface area contributed by atoms with Crippen LogP contribution in [-0.2, 0) is 4.74 Å². The molecule has 3 rings (SSSR count).